The highest BCUT2D eigenvalue weighted by Crippen LogP contribution is 2.19. The van der Waals surface area contributed by atoms with Crippen LogP contribution < -0.4 is 4.72 Å². The van der Waals surface area contributed by atoms with Crippen molar-refractivity contribution in [3.63, 3.8) is 0 Å². The second-order valence-electron chi connectivity index (χ2n) is 3.89. The van der Waals surface area contributed by atoms with E-state index in [2.05, 4.69) is 4.72 Å². The topological polar surface area (TPSA) is 46.2 Å². The molecule has 2 aromatic carbocycles. The summed E-state index contributed by atoms with van der Waals surface area (Å²) in [6.07, 6.45) is 0. The Kier molecular flexibility index (Phi) is 4.34. The fourth-order valence-corrected chi connectivity index (χ4v) is 2.89. The molecule has 0 heterocycles. The van der Waals surface area contributed by atoms with Gasteiger partial charge in [-0.3, -0.25) is 4.72 Å². The van der Waals surface area contributed by atoms with Crippen LogP contribution in [0.1, 0.15) is 5.56 Å². The Balaban J connectivity index is 2.28. The van der Waals surface area contributed by atoms with E-state index in [1.807, 2.05) is 6.07 Å². The fourth-order valence-electron chi connectivity index (χ4n) is 1.55. The molecule has 0 unspecified atom stereocenters. The molecule has 19 heavy (non-hydrogen) atoms. The summed E-state index contributed by atoms with van der Waals surface area (Å²) in [5.41, 5.74) is 1.33. The molecule has 1 N–H and O–H groups in total. The van der Waals surface area contributed by atoms with Gasteiger partial charge in [0, 0.05) is 16.6 Å². The van der Waals surface area contributed by atoms with E-state index in [4.69, 9.17) is 23.2 Å². The van der Waals surface area contributed by atoms with E-state index in [1.165, 1.54) is 24.3 Å². The van der Waals surface area contributed by atoms with Crippen molar-refractivity contribution in [2.75, 3.05) is 4.72 Å². The Morgan fingerprint density at radius 2 is 1.74 bits per heavy atom. The van der Waals surface area contributed by atoms with Gasteiger partial charge in [-0.1, -0.05) is 23.7 Å². The van der Waals surface area contributed by atoms with Gasteiger partial charge in [-0.05, 0) is 42.0 Å². The van der Waals surface area contributed by atoms with Crippen molar-refractivity contribution in [2.24, 2.45) is 0 Å². The van der Waals surface area contributed by atoms with Crippen LogP contribution in [0.4, 0.5) is 5.69 Å². The Bertz CT molecular complexity index is 669. The van der Waals surface area contributed by atoms with Crippen LogP contribution in [0.3, 0.4) is 0 Å². The van der Waals surface area contributed by atoms with Gasteiger partial charge in [0.15, 0.2) is 0 Å². The van der Waals surface area contributed by atoms with Gasteiger partial charge < -0.3 is 0 Å². The number of rotatable bonds is 4. The van der Waals surface area contributed by atoms with Crippen molar-refractivity contribution >= 4 is 38.9 Å². The lowest BCUT2D eigenvalue weighted by molar-refractivity contribution is 0.601. The standard InChI is InChI=1S/C13H11Cl2NO2S/c14-9-10-2-1-3-12(8-10)16-19(17,18)13-6-4-11(15)5-7-13/h1-8,16H,9H2. The van der Waals surface area contributed by atoms with Crippen LogP contribution in [0.15, 0.2) is 53.4 Å². The highest BCUT2D eigenvalue weighted by molar-refractivity contribution is 7.92. The van der Waals surface area contributed by atoms with Crippen molar-refractivity contribution in [2.45, 2.75) is 10.8 Å². The first-order chi connectivity index (χ1) is 9.01. The second kappa shape index (κ2) is 5.82. The number of halogens is 2. The van der Waals surface area contributed by atoms with Crippen molar-refractivity contribution < 1.29 is 8.42 Å². The second-order valence-corrected chi connectivity index (χ2v) is 6.28. The lowest BCUT2D eigenvalue weighted by Crippen LogP contribution is -2.12. The number of hydrogen-bond acceptors (Lipinski definition) is 2. The lowest BCUT2D eigenvalue weighted by Gasteiger charge is -2.09. The van der Waals surface area contributed by atoms with Gasteiger partial charge in [-0.25, -0.2) is 8.42 Å². The van der Waals surface area contributed by atoms with Gasteiger partial charge in [0.2, 0.25) is 0 Å². The molecule has 0 saturated heterocycles. The van der Waals surface area contributed by atoms with Crippen molar-refractivity contribution in [1.82, 2.24) is 0 Å². The first-order valence-corrected chi connectivity index (χ1v) is 7.84. The minimum Gasteiger partial charge on any atom is -0.280 e. The molecular weight excluding hydrogens is 305 g/mol. The van der Waals surface area contributed by atoms with E-state index in [0.29, 0.717) is 16.6 Å². The van der Waals surface area contributed by atoms with E-state index < -0.39 is 10.0 Å². The van der Waals surface area contributed by atoms with Crippen LogP contribution in [-0.2, 0) is 15.9 Å². The van der Waals surface area contributed by atoms with E-state index in [1.54, 1.807) is 18.2 Å². The summed E-state index contributed by atoms with van der Waals surface area (Å²) in [5, 5.41) is 0.489. The Labute approximate surface area is 122 Å². The zero-order valence-corrected chi connectivity index (χ0v) is 12.1. The van der Waals surface area contributed by atoms with Gasteiger partial charge in [0.05, 0.1) is 4.90 Å². The molecule has 6 heteroatoms. The quantitative estimate of drug-likeness (QED) is 0.870. The number of sulfonamides is 1. The normalized spacial score (nSPS) is 11.3. The molecule has 0 radical (unpaired) electrons. The minimum absolute atomic E-state index is 0.160. The predicted octanol–water partition coefficient (Wildman–Crippen LogP) is 3.88. The van der Waals surface area contributed by atoms with Crippen molar-refractivity contribution in [1.29, 1.82) is 0 Å². The Morgan fingerprint density at radius 3 is 2.37 bits per heavy atom. The van der Waals surface area contributed by atoms with Gasteiger partial charge in [0.1, 0.15) is 0 Å². The first kappa shape index (κ1) is 14.2. The maximum Gasteiger partial charge on any atom is 0.261 e. The highest BCUT2D eigenvalue weighted by atomic mass is 35.5. The Hall–Kier alpha value is -1.23. The fraction of sp³-hybridized carbons (Fsp3) is 0.0769. The van der Waals surface area contributed by atoms with E-state index in [-0.39, 0.29) is 4.90 Å². The third-order valence-corrected chi connectivity index (χ3v) is 4.42. The van der Waals surface area contributed by atoms with E-state index in [9.17, 15) is 8.42 Å². The largest absolute Gasteiger partial charge is 0.280 e. The molecule has 2 aromatic rings. The van der Waals surface area contributed by atoms with Crippen molar-refractivity contribution in [3.8, 4) is 0 Å². The van der Waals surface area contributed by atoms with Gasteiger partial charge in [-0.2, -0.15) is 0 Å². The van der Waals surface area contributed by atoms with Gasteiger partial charge in [-0.15, -0.1) is 11.6 Å². The molecule has 2 rings (SSSR count). The SMILES string of the molecule is O=S(=O)(Nc1cccc(CCl)c1)c1ccc(Cl)cc1. The Morgan fingerprint density at radius 1 is 1.05 bits per heavy atom. The van der Waals surface area contributed by atoms with Crippen LogP contribution in [-0.4, -0.2) is 8.42 Å². The number of hydrogen-bond donors (Lipinski definition) is 1. The molecule has 0 spiro atoms. The lowest BCUT2D eigenvalue weighted by atomic mass is 10.2. The molecular formula is C13H11Cl2NO2S. The van der Waals surface area contributed by atoms with Crippen LogP contribution in [0.25, 0.3) is 0 Å². The zero-order chi connectivity index (χ0) is 13.9. The summed E-state index contributed by atoms with van der Waals surface area (Å²) in [7, 11) is -3.61. The summed E-state index contributed by atoms with van der Waals surface area (Å²) >= 11 is 11.4. The molecule has 0 saturated carbocycles. The number of benzene rings is 2. The molecule has 3 nitrogen and oxygen atoms in total. The smallest absolute Gasteiger partial charge is 0.261 e. The van der Waals surface area contributed by atoms with E-state index >= 15 is 0 Å². The molecule has 0 aliphatic heterocycles. The monoisotopic (exact) mass is 315 g/mol. The predicted molar refractivity (Wildman–Crippen MR) is 78.3 cm³/mol. The summed E-state index contributed by atoms with van der Waals surface area (Å²) in [4.78, 5) is 0.160. The molecule has 0 aliphatic carbocycles. The third kappa shape index (κ3) is 3.62. The average molecular weight is 316 g/mol. The molecule has 0 fully saturated rings. The maximum atomic E-state index is 12.1. The molecule has 0 bridgehead atoms. The van der Waals surface area contributed by atoms with Crippen LogP contribution >= 0.6 is 23.2 Å². The first-order valence-electron chi connectivity index (χ1n) is 5.44. The molecule has 0 amide bonds. The van der Waals surface area contributed by atoms with Crippen LogP contribution in [0, 0.1) is 0 Å². The zero-order valence-electron chi connectivity index (χ0n) is 9.81. The molecule has 100 valence electrons. The maximum absolute atomic E-state index is 12.1. The summed E-state index contributed by atoms with van der Waals surface area (Å²) in [6.45, 7) is 0. The van der Waals surface area contributed by atoms with Gasteiger partial charge in [0.25, 0.3) is 10.0 Å². The number of nitrogens with one attached hydrogen (secondary N) is 1. The summed E-state index contributed by atoms with van der Waals surface area (Å²) < 4.78 is 26.7. The number of anilines is 1. The third-order valence-electron chi connectivity index (χ3n) is 2.46. The minimum atomic E-state index is -3.61. The molecule has 0 aromatic heterocycles. The number of alkyl halides is 1. The summed E-state index contributed by atoms with van der Waals surface area (Å²) in [6, 6.07) is 12.9. The van der Waals surface area contributed by atoms with Crippen LogP contribution in [0.5, 0.6) is 0 Å². The van der Waals surface area contributed by atoms with Crippen molar-refractivity contribution in [3.05, 3.63) is 59.1 Å². The van der Waals surface area contributed by atoms with E-state index in [0.717, 1.165) is 5.56 Å². The highest BCUT2D eigenvalue weighted by Gasteiger charge is 2.13. The molecule has 0 aliphatic rings. The van der Waals surface area contributed by atoms with Crippen LogP contribution in [0.2, 0.25) is 5.02 Å². The average Bonchev–Trinajstić information content (AvgIpc) is 2.39. The summed E-state index contributed by atoms with van der Waals surface area (Å²) in [5.74, 6) is 0.330. The molecule has 0 atom stereocenters. The van der Waals surface area contributed by atoms with Gasteiger partial charge >= 0.3 is 0 Å².